The second-order valence-corrected chi connectivity index (χ2v) is 2.49. The van der Waals surface area contributed by atoms with Gasteiger partial charge in [-0.25, -0.2) is 4.79 Å². The van der Waals surface area contributed by atoms with Gasteiger partial charge in [0.15, 0.2) is 6.10 Å². The summed E-state index contributed by atoms with van der Waals surface area (Å²) in [5, 5.41) is 0. The van der Waals surface area contributed by atoms with Crippen LogP contribution in [0.2, 0.25) is 0 Å². The first-order valence-electron chi connectivity index (χ1n) is 3.46. The van der Waals surface area contributed by atoms with Gasteiger partial charge in [0.25, 0.3) is 0 Å². The maximum absolute atomic E-state index is 11.5. The number of alkyl halides is 3. The van der Waals surface area contributed by atoms with Crippen LogP contribution >= 0.6 is 0 Å². The van der Waals surface area contributed by atoms with Gasteiger partial charge < -0.3 is 9.47 Å². The monoisotopic (exact) mass is 200 g/mol. The van der Waals surface area contributed by atoms with E-state index in [0.717, 1.165) is 0 Å². The van der Waals surface area contributed by atoms with E-state index in [4.69, 9.17) is 0 Å². The lowest BCUT2D eigenvalue weighted by atomic mass is 10.2. The van der Waals surface area contributed by atoms with E-state index in [-0.39, 0.29) is 0 Å². The largest absolute Gasteiger partial charge is 0.522 e. The molecular weight excluding hydrogens is 193 g/mol. The zero-order valence-corrected chi connectivity index (χ0v) is 6.63. The standard InChI is InChI=1S/C6H7F3O4/c1-3-4(13-5(10)12-3)2-11-6(7,8)9/h3-4H,2H2,1H3. The summed E-state index contributed by atoms with van der Waals surface area (Å²) < 4.78 is 46.9. The predicted molar refractivity (Wildman–Crippen MR) is 32.8 cm³/mol. The Kier molecular flexibility index (Phi) is 2.65. The van der Waals surface area contributed by atoms with Crippen molar-refractivity contribution in [3.63, 3.8) is 0 Å². The van der Waals surface area contributed by atoms with Crippen molar-refractivity contribution >= 4 is 6.16 Å². The molecule has 0 saturated carbocycles. The van der Waals surface area contributed by atoms with Gasteiger partial charge in [-0.05, 0) is 6.92 Å². The van der Waals surface area contributed by atoms with Crippen LogP contribution in [0.25, 0.3) is 0 Å². The highest BCUT2D eigenvalue weighted by atomic mass is 19.4. The fourth-order valence-corrected chi connectivity index (χ4v) is 0.821. The Morgan fingerprint density at radius 2 is 2.08 bits per heavy atom. The van der Waals surface area contributed by atoms with Crippen LogP contribution in [0, 0.1) is 0 Å². The molecule has 0 spiro atoms. The van der Waals surface area contributed by atoms with Gasteiger partial charge in [-0.3, -0.25) is 4.74 Å². The van der Waals surface area contributed by atoms with Gasteiger partial charge in [0.05, 0.1) is 6.61 Å². The SMILES string of the molecule is CC1OC(=O)OC1COC(F)(F)F. The fraction of sp³-hybridized carbons (Fsp3) is 0.833. The lowest BCUT2D eigenvalue weighted by molar-refractivity contribution is -0.330. The third-order valence-electron chi connectivity index (χ3n) is 1.46. The Morgan fingerprint density at radius 1 is 1.46 bits per heavy atom. The van der Waals surface area contributed by atoms with Gasteiger partial charge >= 0.3 is 12.5 Å². The van der Waals surface area contributed by atoms with Gasteiger partial charge in [-0.15, -0.1) is 13.2 Å². The van der Waals surface area contributed by atoms with E-state index in [9.17, 15) is 18.0 Å². The third kappa shape index (κ3) is 3.10. The molecule has 0 N–H and O–H groups in total. The molecule has 1 heterocycles. The van der Waals surface area contributed by atoms with Gasteiger partial charge in [0.2, 0.25) is 0 Å². The minimum atomic E-state index is -4.71. The van der Waals surface area contributed by atoms with E-state index in [1.54, 1.807) is 0 Å². The van der Waals surface area contributed by atoms with Crippen molar-refractivity contribution in [2.24, 2.45) is 0 Å². The molecule has 2 unspecified atom stereocenters. The number of carbonyl (C=O) groups excluding carboxylic acids is 1. The van der Waals surface area contributed by atoms with Crippen LogP contribution in [-0.2, 0) is 14.2 Å². The minimum absolute atomic E-state index is 0.713. The van der Waals surface area contributed by atoms with E-state index in [1.165, 1.54) is 6.92 Å². The average Bonchev–Trinajstić information content (AvgIpc) is 2.24. The molecule has 0 radical (unpaired) electrons. The average molecular weight is 200 g/mol. The van der Waals surface area contributed by atoms with Crippen molar-refractivity contribution in [2.75, 3.05) is 6.61 Å². The van der Waals surface area contributed by atoms with Crippen LogP contribution in [0.3, 0.4) is 0 Å². The summed E-state index contributed by atoms with van der Waals surface area (Å²) in [5.41, 5.74) is 0. The predicted octanol–water partition coefficient (Wildman–Crippen LogP) is 1.45. The summed E-state index contributed by atoms with van der Waals surface area (Å²) in [4.78, 5) is 10.4. The molecule has 1 rings (SSSR count). The molecule has 7 heteroatoms. The molecule has 0 aromatic heterocycles. The zero-order chi connectivity index (χ0) is 10.1. The molecule has 4 nitrogen and oxygen atoms in total. The topological polar surface area (TPSA) is 44.8 Å². The smallest absolute Gasteiger partial charge is 0.427 e. The highest BCUT2D eigenvalue weighted by Gasteiger charge is 2.38. The molecule has 13 heavy (non-hydrogen) atoms. The van der Waals surface area contributed by atoms with E-state index in [0.29, 0.717) is 0 Å². The van der Waals surface area contributed by atoms with Crippen molar-refractivity contribution < 1.29 is 32.2 Å². The highest BCUT2D eigenvalue weighted by molar-refractivity contribution is 5.62. The molecular formula is C6H7F3O4. The molecule has 0 aromatic rings. The summed E-state index contributed by atoms with van der Waals surface area (Å²) in [5.74, 6) is 0. The van der Waals surface area contributed by atoms with Crippen LogP contribution in [0.5, 0.6) is 0 Å². The summed E-state index contributed by atoms with van der Waals surface area (Å²) in [7, 11) is 0. The Hall–Kier alpha value is -0.980. The first kappa shape index (κ1) is 10.1. The molecule has 1 saturated heterocycles. The Labute approximate surface area is 71.6 Å². The fourth-order valence-electron chi connectivity index (χ4n) is 0.821. The van der Waals surface area contributed by atoms with Crippen molar-refractivity contribution in [3.8, 4) is 0 Å². The number of carbonyl (C=O) groups is 1. The maximum atomic E-state index is 11.5. The zero-order valence-electron chi connectivity index (χ0n) is 6.63. The van der Waals surface area contributed by atoms with E-state index in [2.05, 4.69) is 14.2 Å². The Balaban J connectivity index is 2.34. The summed E-state index contributed by atoms with van der Waals surface area (Å²) in [6.07, 6.45) is -7.39. The molecule has 76 valence electrons. The molecule has 0 aliphatic carbocycles. The van der Waals surface area contributed by atoms with Crippen LogP contribution < -0.4 is 0 Å². The van der Waals surface area contributed by atoms with E-state index >= 15 is 0 Å². The maximum Gasteiger partial charge on any atom is 0.522 e. The van der Waals surface area contributed by atoms with Crippen LogP contribution in [0.1, 0.15) is 6.92 Å². The Morgan fingerprint density at radius 3 is 2.46 bits per heavy atom. The second kappa shape index (κ2) is 3.41. The van der Waals surface area contributed by atoms with Gasteiger partial charge in [-0.2, -0.15) is 0 Å². The van der Waals surface area contributed by atoms with Gasteiger partial charge in [0.1, 0.15) is 6.10 Å². The Bertz CT molecular complexity index is 203. The molecule has 0 aromatic carbocycles. The molecule has 1 aliphatic rings. The second-order valence-electron chi connectivity index (χ2n) is 2.49. The number of ether oxygens (including phenoxy) is 3. The van der Waals surface area contributed by atoms with Crippen LogP contribution in [0.4, 0.5) is 18.0 Å². The molecule has 2 atom stereocenters. The summed E-state index contributed by atoms with van der Waals surface area (Å²) in [6, 6.07) is 0. The number of hydrogen-bond donors (Lipinski definition) is 0. The van der Waals surface area contributed by atoms with Crippen molar-refractivity contribution in [1.82, 2.24) is 0 Å². The summed E-state index contributed by atoms with van der Waals surface area (Å²) in [6.45, 7) is 0.686. The summed E-state index contributed by atoms with van der Waals surface area (Å²) >= 11 is 0. The van der Waals surface area contributed by atoms with Crippen molar-refractivity contribution in [2.45, 2.75) is 25.5 Å². The van der Waals surface area contributed by atoms with Crippen LogP contribution in [0.15, 0.2) is 0 Å². The minimum Gasteiger partial charge on any atom is -0.427 e. The number of rotatable bonds is 2. The molecule has 0 bridgehead atoms. The molecule has 1 fully saturated rings. The normalized spacial score (nSPS) is 28.5. The lowest BCUT2D eigenvalue weighted by Crippen LogP contribution is -2.29. The molecule has 0 amide bonds. The number of cyclic esters (lactones) is 2. The van der Waals surface area contributed by atoms with Gasteiger partial charge in [0, 0.05) is 0 Å². The van der Waals surface area contributed by atoms with Crippen molar-refractivity contribution in [3.05, 3.63) is 0 Å². The van der Waals surface area contributed by atoms with E-state index < -0.39 is 31.3 Å². The van der Waals surface area contributed by atoms with Crippen LogP contribution in [-0.4, -0.2) is 31.3 Å². The molecule has 1 aliphatic heterocycles. The quantitative estimate of drug-likeness (QED) is 0.633. The number of hydrogen-bond acceptors (Lipinski definition) is 4. The first-order valence-corrected chi connectivity index (χ1v) is 3.46. The lowest BCUT2D eigenvalue weighted by Gasteiger charge is -2.12. The highest BCUT2D eigenvalue weighted by Crippen LogP contribution is 2.20. The first-order chi connectivity index (χ1) is 5.88. The van der Waals surface area contributed by atoms with E-state index in [1.807, 2.05) is 0 Å². The third-order valence-corrected chi connectivity index (χ3v) is 1.46. The van der Waals surface area contributed by atoms with Gasteiger partial charge in [-0.1, -0.05) is 0 Å². The number of halogens is 3. The van der Waals surface area contributed by atoms with Crippen molar-refractivity contribution in [1.29, 1.82) is 0 Å².